The van der Waals surface area contributed by atoms with Crippen LogP contribution in [0.1, 0.15) is 33.4 Å². The van der Waals surface area contributed by atoms with E-state index < -0.39 is 0 Å². The van der Waals surface area contributed by atoms with Crippen LogP contribution in [0.4, 0.5) is 0 Å². The summed E-state index contributed by atoms with van der Waals surface area (Å²) in [5, 5.41) is 14.4. The highest BCUT2D eigenvalue weighted by Gasteiger charge is 2.20. The summed E-state index contributed by atoms with van der Waals surface area (Å²) in [6.45, 7) is 1.92. The second-order valence-electron chi connectivity index (χ2n) is 6.29. The molecule has 28 heavy (non-hydrogen) atoms. The van der Waals surface area contributed by atoms with E-state index in [4.69, 9.17) is 0 Å². The van der Waals surface area contributed by atoms with Crippen LogP contribution in [-0.2, 0) is 13.0 Å². The van der Waals surface area contributed by atoms with Gasteiger partial charge in [0.05, 0.1) is 18.4 Å². The van der Waals surface area contributed by atoms with E-state index >= 15 is 0 Å². The number of hydrogen-bond acceptors (Lipinski definition) is 5. The largest absolute Gasteiger partial charge is 0.349 e. The summed E-state index contributed by atoms with van der Waals surface area (Å²) < 4.78 is 1.62. The van der Waals surface area contributed by atoms with Crippen molar-refractivity contribution in [1.82, 2.24) is 30.6 Å². The third kappa shape index (κ3) is 5.07. The molecule has 1 aliphatic heterocycles. The van der Waals surface area contributed by atoms with Crippen LogP contribution in [0, 0.1) is 0 Å². The first-order chi connectivity index (χ1) is 12.8. The molecule has 7 nitrogen and oxygen atoms in total. The molecule has 2 aromatic heterocycles. The van der Waals surface area contributed by atoms with E-state index in [0.717, 1.165) is 18.7 Å². The number of amides is 1. The van der Waals surface area contributed by atoms with Crippen LogP contribution in [0.3, 0.4) is 0 Å². The zero-order chi connectivity index (χ0) is 17.8. The molecule has 0 saturated carbocycles. The van der Waals surface area contributed by atoms with Crippen molar-refractivity contribution in [2.24, 2.45) is 0 Å². The van der Waals surface area contributed by atoms with Gasteiger partial charge in [-0.3, -0.25) is 9.78 Å². The zero-order valence-electron chi connectivity index (χ0n) is 15.1. The molecule has 1 aliphatic rings. The molecule has 3 aromatic rings. The molecule has 9 heteroatoms. The van der Waals surface area contributed by atoms with Crippen molar-refractivity contribution >= 4 is 30.7 Å². The van der Waals surface area contributed by atoms with Gasteiger partial charge in [0.15, 0.2) is 5.69 Å². The number of benzene rings is 1. The predicted octanol–water partition coefficient (Wildman–Crippen LogP) is 2.18. The lowest BCUT2D eigenvalue weighted by Gasteiger charge is -2.27. The molecule has 4 rings (SSSR count). The Balaban J connectivity index is 0.00000140. The van der Waals surface area contributed by atoms with Gasteiger partial charge < -0.3 is 10.6 Å². The summed E-state index contributed by atoms with van der Waals surface area (Å²) in [5.74, 6) is -0.220. The van der Waals surface area contributed by atoms with Crippen LogP contribution in [-0.4, -0.2) is 39.0 Å². The molecule has 2 N–H and O–H groups in total. The topological polar surface area (TPSA) is 84.7 Å². The Morgan fingerprint density at radius 3 is 2.82 bits per heavy atom. The molecule has 0 fully saturated rings. The standard InChI is InChI=1S/C19H20N6O.2ClH/c26-19(18-13-25(24-23-18)12-15-6-3-4-9-20-15)22-11-17-16-7-2-1-5-14(16)8-10-21-17;;/h1-7,9,13,17,21H,8,10-12H2,(H,22,26);2*1H. The molecule has 1 amide bonds. The fourth-order valence-corrected chi connectivity index (χ4v) is 3.20. The molecule has 0 aliphatic carbocycles. The second kappa shape index (κ2) is 10.2. The quantitative estimate of drug-likeness (QED) is 0.660. The normalized spacial score (nSPS) is 14.9. The number of nitrogens with zero attached hydrogens (tertiary/aromatic N) is 4. The van der Waals surface area contributed by atoms with Gasteiger partial charge in [-0.2, -0.15) is 0 Å². The summed E-state index contributed by atoms with van der Waals surface area (Å²) in [6, 6.07) is 14.2. The van der Waals surface area contributed by atoms with Gasteiger partial charge >= 0.3 is 0 Å². The van der Waals surface area contributed by atoms with Gasteiger partial charge in [-0.15, -0.1) is 29.9 Å². The van der Waals surface area contributed by atoms with Crippen molar-refractivity contribution < 1.29 is 4.79 Å². The molecule has 0 bridgehead atoms. The Labute approximate surface area is 175 Å². The van der Waals surface area contributed by atoms with E-state index in [0.29, 0.717) is 18.8 Å². The van der Waals surface area contributed by atoms with Crippen molar-refractivity contribution in [2.75, 3.05) is 13.1 Å². The molecule has 1 atom stereocenters. The zero-order valence-corrected chi connectivity index (χ0v) is 16.7. The van der Waals surface area contributed by atoms with Crippen LogP contribution >= 0.6 is 24.8 Å². The Morgan fingerprint density at radius 2 is 2.00 bits per heavy atom. The van der Waals surface area contributed by atoms with Gasteiger partial charge in [-0.25, -0.2) is 4.68 Å². The Hall–Kier alpha value is -2.48. The van der Waals surface area contributed by atoms with Crippen molar-refractivity contribution in [1.29, 1.82) is 0 Å². The average molecular weight is 421 g/mol. The maximum Gasteiger partial charge on any atom is 0.273 e. The van der Waals surface area contributed by atoms with Gasteiger partial charge in [-0.05, 0) is 36.2 Å². The molecule has 0 saturated heterocycles. The average Bonchev–Trinajstić information content (AvgIpc) is 3.15. The number of carbonyl (C=O) groups is 1. The maximum atomic E-state index is 12.4. The van der Waals surface area contributed by atoms with Gasteiger partial charge in [0.1, 0.15) is 0 Å². The number of aromatic nitrogens is 4. The van der Waals surface area contributed by atoms with Crippen LogP contribution < -0.4 is 10.6 Å². The molecule has 148 valence electrons. The highest BCUT2D eigenvalue weighted by molar-refractivity contribution is 5.91. The summed E-state index contributed by atoms with van der Waals surface area (Å²) in [4.78, 5) is 16.6. The number of hydrogen-bond donors (Lipinski definition) is 2. The summed E-state index contributed by atoms with van der Waals surface area (Å²) >= 11 is 0. The van der Waals surface area contributed by atoms with E-state index in [1.54, 1.807) is 17.1 Å². The first-order valence-corrected chi connectivity index (χ1v) is 8.69. The van der Waals surface area contributed by atoms with E-state index in [1.807, 2.05) is 24.3 Å². The van der Waals surface area contributed by atoms with E-state index in [-0.39, 0.29) is 36.8 Å². The lowest BCUT2D eigenvalue weighted by Crippen LogP contribution is -2.38. The van der Waals surface area contributed by atoms with E-state index in [2.05, 4.69) is 44.1 Å². The van der Waals surface area contributed by atoms with Gasteiger partial charge in [0.2, 0.25) is 0 Å². The number of pyridine rings is 1. The lowest BCUT2D eigenvalue weighted by atomic mass is 9.94. The fourth-order valence-electron chi connectivity index (χ4n) is 3.20. The first-order valence-electron chi connectivity index (χ1n) is 8.69. The molecular weight excluding hydrogens is 399 g/mol. The number of carbonyl (C=O) groups excluding carboxylic acids is 1. The summed E-state index contributed by atoms with van der Waals surface area (Å²) in [7, 11) is 0. The smallest absolute Gasteiger partial charge is 0.273 e. The van der Waals surface area contributed by atoms with Crippen LogP contribution in [0.5, 0.6) is 0 Å². The SMILES string of the molecule is Cl.Cl.O=C(NCC1NCCc2ccccc21)c1cn(Cc2ccccn2)nn1. The van der Waals surface area contributed by atoms with Crippen molar-refractivity contribution in [3.63, 3.8) is 0 Å². The second-order valence-corrected chi connectivity index (χ2v) is 6.29. The Kier molecular flexibility index (Phi) is 7.92. The minimum Gasteiger partial charge on any atom is -0.349 e. The van der Waals surface area contributed by atoms with Gasteiger partial charge in [0, 0.05) is 18.8 Å². The van der Waals surface area contributed by atoms with Crippen molar-refractivity contribution in [3.05, 3.63) is 77.4 Å². The number of fused-ring (bicyclic) bond motifs is 1. The Bertz CT molecular complexity index is 902. The number of nitrogens with one attached hydrogen (secondary N) is 2. The van der Waals surface area contributed by atoms with Crippen molar-refractivity contribution in [2.45, 2.75) is 19.0 Å². The molecular formula is C19H22Cl2N6O. The fraction of sp³-hybridized carbons (Fsp3) is 0.263. The third-order valence-electron chi connectivity index (χ3n) is 4.50. The molecule has 1 unspecified atom stereocenters. The minimum atomic E-state index is -0.220. The van der Waals surface area contributed by atoms with Crippen LogP contribution in [0.2, 0.25) is 0 Å². The number of halogens is 2. The van der Waals surface area contributed by atoms with Gasteiger partial charge in [0.25, 0.3) is 5.91 Å². The third-order valence-corrected chi connectivity index (χ3v) is 4.50. The summed E-state index contributed by atoms with van der Waals surface area (Å²) in [6.07, 6.45) is 4.39. The predicted molar refractivity (Wildman–Crippen MR) is 111 cm³/mol. The summed E-state index contributed by atoms with van der Waals surface area (Å²) in [5.41, 5.74) is 3.77. The van der Waals surface area contributed by atoms with E-state index in [1.165, 1.54) is 11.1 Å². The Morgan fingerprint density at radius 1 is 1.18 bits per heavy atom. The molecule has 3 heterocycles. The maximum absolute atomic E-state index is 12.4. The van der Waals surface area contributed by atoms with Crippen LogP contribution in [0.15, 0.2) is 54.9 Å². The highest BCUT2D eigenvalue weighted by Crippen LogP contribution is 2.21. The number of rotatable bonds is 5. The van der Waals surface area contributed by atoms with Crippen LogP contribution in [0.25, 0.3) is 0 Å². The van der Waals surface area contributed by atoms with Gasteiger partial charge in [-0.1, -0.05) is 35.5 Å². The highest BCUT2D eigenvalue weighted by atomic mass is 35.5. The van der Waals surface area contributed by atoms with Crippen molar-refractivity contribution in [3.8, 4) is 0 Å². The van der Waals surface area contributed by atoms with E-state index in [9.17, 15) is 4.79 Å². The first kappa shape index (κ1) is 21.8. The molecule has 0 radical (unpaired) electrons. The molecule has 0 spiro atoms. The lowest BCUT2D eigenvalue weighted by molar-refractivity contribution is 0.0944. The minimum absolute atomic E-state index is 0. The monoisotopic (exact) mass is 420 g/mol. The molecule has 1 aromatic carbocycles.